The van der Waals surface area contributed by atoms with Crippen molar-refractivity contribution in [2.75, 3.05) is 25.0 Å². The van der Waals surface area contributed by atoms with Crippen molar-refractivity contribution >= 4 is 11.7 Å². The maximum Gasteiger partial charge on any atom is 0.321 e. The zero-order chi connectivity index (χ0) is 16.5. The highest BCUT2D eigenvalue weighted by molar-refractivity contribution is 5.89. The summed E-state index contributed by atoms with van der Waals surface area (Å²) in [7, 11) is 0. The summed E-state index contributed by atoms with van der Waals surface area (Å²) in [6.07, 6.45) is 0. The monoisotopic (exact) mass is 321 g/mol. The zero-order valence-corrected chi connectivity index (χ0v) is 14.0. The third-order valence-corrected chi connectivity index (χ3v) is 5.29. The molecule has 2 aliphatic heterocycles. The molecule has 2 aromatic carbocycles. The van der Waals surface area contributed by atoms with Crippen LogP contribution in [-0.4, -0.2) is 41.5 Å². The van der Waals surface area contributed by atoms with Gasteiger partial charge in [-0.25, -0.2) is 4.79 Å². The van der Waals surface area contributed by atoms with Crippen molar-refractivity contribution in [1.29, 1.82) is 0 Å². The van der Waals surface area contributed by atoms with Gasteiger partial charge in [0.2, 0.25) is 0 Å². The molecule has 4 nitrogen and oxygen atoms in total. The summed E-state index contributed by atoms with van der Waals surface area (Å²) >= 11 is 0. The van der Waals surface area contributed by atoms with Crippen molar-refractivity contribution in [2.24, 2.45) is 5.92 Å². The fourth-order valence-electron chi connectivity index (χ4n) is 3.82. The van der Waals surface area contributed by atoms with E-state index >= 15 is 0 Å². The van der Waals surface area contributed by atoms with Crippen LogP contribution in [-0.2, 0) is 6.54 Å². The number of hydrogen-bond acceptors (Lipinski definition) is 2. The van der Waals surface area contributed by atoms with Crippen molar-refractivity contribution in [3.8, 4) is 0 Å². The van der Waals surface area contributed by atoms with Gasteiger partial charge in [-0.1, -0.05) is 42.5 Å². The molecule has 2 fully saturated rings. The molecule has 2 atom stereocenters. The molecule has 0 aromatic heterocycles. The smallest absolute Gasteiger partial charge is 0.321 e. The number of fused-ring (bicyclic) bond motifs is 1. The number of hydrogen-bond donors (Lipinski definition) is 1. The summed E-state index contributed by atoms with van der Waals surface area (Å²) in [5, 5.41) is 2.99. The molecule has 0 bridgehead atoms. The average molecular weight is 321 g/mol. The first-order chi connectivity index (χ1) is 11.7. The van der Waals surface area contributed by atoms with E-state index in [1.807, 2.05) is 35.2 Å². The van der Waals surface area contributed by atoms with Crippen LogP contribution in [0.15, 0.2) is 54.6 Å². The SMILES string of the molecule is Cc1ccccc1CN1C[C@@H]2CN(C(=O)Nc3ccccc3)C[C@H]21. The van der Waals surface area contributed by atoms with Gasteiger partial charge >= 0.3 is 6.03 Å². The second-order valence-corrected chi connectivity index (χ2v) is 6.88. The van der Waals surface area contributed by atoms with Crippen LogP contribution in [0.4, 0.5) is 10.5 Å². The summed E-state index contributed by atoms with van der Waals surface area (Å²) < 4.78 is 0. The Morgan fingerprint density at radius 3 is 2.58 bits per heavy atom. The number of benzene rings is 2. The zero-order valence-electron chi connectivity index (χ0n) is 14.0. The molecule has 24 heavy (non-hydrogen) atoms. The van der Waals surface area contributed by atoms with E-state index in [4.69, 9.17) is 0 Å². The first-order valence-electron chi connectivity index (χ1n) is 8.60. The average Bonchev–Trinajstić information content (AvgIpc) is 2.92. The lowest BCUT2D eigenvalue weighted by Gasteiger charge is -2.43. The van der Waals surface area contributed by atoms with Crippen LogP contribution in [0.25, 0.3) is 0 Å². The van der Waals surface area contributed by atoms with Gasteiger partial charge < -0.3 is 10.2 Å². The van der Waals surface area contributed by atoms with Gasteiger partial charge in [0.05, 0.1) is 0 Å². The van der Waals surface area contributed by atoms with Crippen molar-refractivity contribution < 1.29 is 4.79 Å². The van der Waals surface area contributed by atoms with Gasteiger partial charge in [0, 0.05) is 43.8 Å². The predicted molar refractivity (Wildman–Crippen MR) is 95.9 cm³/mol. The van der Waals surface area contributed by atoms with Crippen LogP contribution in [0, 0.1) is 12.8 Å². The van der Waals surface area contributed by atoms with E-state index in [1.54, 1.807) is 0 Å². The largest absolute Gasteiger partial charge is 0.323 e. The Morgan fingerprint density at radius 1 is 1.04 bits per heavy atom. The topological polar surface area (TPSA) is 35.6 Å². The maximum atomic E-state index is 12.4. The fraction of sp³-hybridized carbons (Fsp3) is 0.350. The van der Waals surface area contributed by atoms with E-state index in [0.29, 0.717) is 12.0 Å². The number of carbonyl (C=O) groups is 1. The van der Waals surface area contributed by atoms with E-state index in [9.17, 15) is 4.79 Å². The molecular formula is C20H23N3O. The van der Waals surface area contributed by atoms with Gasteiger partial charge in [-0.2, -0.15) is 0 Å². The highest BCUT2D eigenvalue weighted by Gasteiger charge is 2.46. The Kier molecular flexibility index (Phi) is 3.98. The quantitative estimate of drug-likeness (QED) is 0.941. The fourth-order valence-corrected chi connectivity index (χ4v) is 3.82. The number of carbonyl (C=O) groups excluding carboxylic acids is 1. The maximum absolute atomic E-state index is 12.4. The molecule has 1 N–H and O–H groups in total. The molecular weight excluding hydrogens is 298 g/mol. The summed E-state index contributed by atoms with van der Waals surface area (Å²) in [5.74, 6) is 0.621. The lowest BCUT2D eigenvalue weighted by molar-refractivity contribution is 0.0433. The van der Waals surface area contributed by atoms with Crippen LogP contribution >= 0.6 is 0 Å². The van der Waals surface area contributed by atoms with Gasteiger partial charge in [-0.3, -0.25) is 4.90 Å². The van der Waals surface area contributed by atoms with E-state index in [1.165, 1.54) is 11.1 Å². The Labute approximate surface area is 143 Å². The lowest BCUT2D eigenvalue weighted by atomic mass is 9.91. The van der Waals surface area contributed by atoms with Gasteiger partial charge in [0.15, 0.2) is 0 Å². The normalized spacial score (nSPS) is 22.8. The third kappa shape index (κ3) is 2.89. The minimum atomic E-state index is 0.0199. The van der Waals surface area contributed by atoms with Crippen LogP contribution < -0.4 is 5.32 Å². The minimum Gasteiger partial charge on any atom is -0.323 e. The molecule has 2 heterocycles. The van der Waals surface area contributed by atoms with Crippen LogP contribution in [0.5, 0.6) is 0 Å². The number of amides is 2. The van der Waals surface area contributed by atoms with Crippen LogP contribution in [0.3, 0.4) is 0 Å². The predicted octanol–water partition coefficient (Wildman–Crippen LogP) is 3.34. The molecule has 0 radical (unpaired) electrons. The van der Waals surface area contributed by atoms with Crippen molar-refractivity contribution in [1.82, 2.24) is 9.80 Å². The van der Waals surface area contributed by atoms with Gasteiger partial charge in [0.1, 0.15) is 0 Å². The first kappa shape index (κ1) is 15.2. The van der Waals surface area contributed by atoms with Crippen molar-refractivity contribution in [3.05, 3.63) is 65.7 Å². The second-order valence-electron chi connectivity index (χ2n) is 6.88. The van der Waals surface area contributed by atoms with Crippen LogP contribution in [0.1, 0.15) is 11.1 Å². The van der Waals surface area contributed by atoms with E-state index in [-0.39, 0.29) is 6.03 Å². The first-order valence-corrected chi connectivity index (χ1v) is 8.60. The molecule has 4 rings (SSSR count). The molecule has 0 unspecified atom stereocenters. The molecule has 4 heteroatoms. The molecule has 2 aromatic rings. The molecule has 0 spiro atoms. The van der Waals surface area contributed by atoms with Gasteiger partial charge in [0.25, 0.3) is 0 Å². The number of aryl methyl sites for hydroxylation is 1. The number of nitrogens with one attached hydrogen (secondary N) is 1. The highest BCUT2D eigenvalue weighted by atomic mass is 16.2. The molecule has 0 aliphatic carbocycles. The van der Waals surface area contributed by atoms with E-state index < -0.39 is 0 Å². The Hall–Kier alpha value is -2.33. The van der Waals surface area contributed by atoms with E-state index in [0.717, 1.165) is 31.9 Å². The number of likely N-dealkylation sites (tertiary alicyclic amines) is 2. The standard InChI is InChI=1S/C20H23N3O/c1-15-7-5-6-8-16(15)11-22-12-17-13-23(14-19(17)22)20(24)21-18-9-3-2-4-10-18/h2-10,17,19H,11-14H2,1H3,(H,21,24)/t17-,19-/m1/s1. The van der Waals surface area contributed by atoms with Gasteiger partial charge in [-0.15, -0.1) is 0 Å². The highest BCUT2D eigenvalue weighted by Crippen LogP contribution is 2.34. The third-order valence-electron chi connectivity index (χ3n) is 5.29. The summed E-state index contributed by atoms with van der Waals surface area (Å²) in [6, 6.07) is 18.8. The molecule has 2 aliphatic rings. The molecule has 0 saturated carbocycles. The summed E-state index contributed by atoms with van der Waals surface area (Å²) in [5.41, 5.74) is 3.60. The van der Waals surface area contributed by atoms with Crippen molar-refractivity contribution in [3.63, 3.8) is 0 Å². The second kappa shape index (κ2) is 6.29. The lowest BCUT2D eigenvalue weighted by Crippen LogP contribution is -2.54. The molecule has 2 saturated heterocycles. The number of rotatable bonds is 3. The summed E-state index contributed by atoms with van der Waals surface area (Å²) in [4.78, 5) is 16.9. The molecule has 124 valence electrons. The Morgan fingerprint density at radius 2 is 1.79 bits per heavy atom. The van der Waals surface area contributed by atoms with E-state index in [2.05, 4.69) is 41.4 Å². The number of anilines is 1. The summed E-state index contributed by atoms with van der Waals surface area (Å²) in [6.45, 7) is 5.94. The molecule has 2 amide bonds. The Bertz CT molecular complexity index is 731. The Balaban J connectivity index is 1.35. The van der Waals surface area contributed by atoms with Gasteiger partial charge in [-0.05, 0) is 30.2 Å². The number of urea groups is 1. The minimum absolute atomic E-state index is 0.0199. The number of nitrogens with zero attached hydrogens (tertiary/aromatic N) is 2. The number of para-hydroxylation sites is 1. The van der Waals surface area contributed by atoms with Crippen LogP contribution in [0.2, 0.25) is 0 Å². The van der Waals surface area contributed by atoms with Crippen molar-refractivity contribution in [2.45, 2.75) is 19.5 Å².